The van der Waals surface area contributed by atoms with Crippen LogP contribution in [-0.2, 0) is 9.57 Å². The number of ether oxygens (including phenoxy) is 1. The highest BCUT2D eigenvalue weighted by atomic mass is 16.8. The third kappa shape index (κ3) is 4.90. The summed E-state index contributed by atoms with van der Waals surface area (Å²) in [6.07, 6.45) is -0.901. The van der Waals surface area contributed by atoms with Crippen molar-refractivity contribution in [2.24, 2.45) is 5.16 Å². The maximum atomic E-state index is 10.4. The summed E-state index contributed by atoms with van der Waals surface area (Å²) in [7, 11) is 0. The molecule has 0 N–H and O–H groups in total. The molecule has 0 heterocycles. The maximum absolute atomic E-state index is 10.4. The van der Waals surface area contributed by atoms with Gasteiger partial charge in [0.05, 0.1) is 6.61 Å². The highest BCUT2D eigenvalue weighted by Gasteiger charge is 2.00. The lowest BCUT2D eigenvalue weighted by Crippen LogP contribution is -2.03. The summed E-state index contributed by atoms with van der Waals surface area (Å²) in [5, 5.41) is 11.3. The molecule has 11 heavy (non-hydrogen) atoms. The van der Waals surface area contributed by atoms with Gasteiger partial charge in [0.15, 0.2) is 5.71 Å². The Hall–Kier alpha value is -1.57. The SMILES string of the molecule is CCOC(=O)O/N=C(/C)C#N. The summed E-state index contributed by atoms with van der Waals surface area (Å²) in [4.78, 5) is 14.5. The van der Waals surface area contributed by atoms with Crippen LogP contribution in [0, 0.1) is 11.3 Å². The van der Waals surface area contributed by atoms with Crippen molar-refractivity contribution in [3.63, 3.8) is 0 Å². The summed E-state index contributed by atoms with van der Waals surface area (Å²) in [5.74, 6) is 0. The Morgan fingerprint density at radius 3 is 2.82 bits per heavy atom. The third-order valence-electron chi connectivity index (χ3n) is 0.681. The minimum atomic E-state index is -0.901. The fourth-order valence-corrected chi connectivity index (χ4v) is 0.270. The Balaban J connectivity index is 3.71. The standard InChI is InChI=1S/C6H8N2O3/c1-3-10-6(9)11-8-5(2)4-7/h3H2,1-2H3/b8-5-. The molecule has 60 valence electrons. The molecule has 0 radical (unpaired) electrons. The van der Waals surface area contributed by atoms with E-state index in [2.05, 4.69) is 14.7 Å². The van der Waals surface area contributed by atoms with Crippen molar-refractivity contribution in [3.05, 3.63) is 0 Å². The minimum absolute atomic E-state index is 0.0676. The molecule has 0 saturated carbocycles. The van der Waals surface area contributed by atoms with Crippen LogP contribution in [-0.4, -0.2) is 18.5 Å². The van der Waals surface area contributed by atoms with E-state index < -0.39 is 6.16 Å². The van der Waals surface area contributed by atoms with Gasteiger partial charge < -0.3 is 4.74 Å². The number of hydrogen-bond donors (Lipinski definition) is 0. The third-order valence-corrected chi connectivity index (χ3v) is 0.681. The van der Waals surface area contributed by atoms with Crippen LogP contribution in [0.2, 0.25) is 0 Å². The van der Waals surface area contributed by atoms with E-state index in [1.165, 1.54) is 6.92 Å². The van der Waals surface area contributed by atoms with Crippen molar-refractivity contribution < 1.29 is 14.4 Å². The number of rotatable bonds is 2. The highest BCUT2D eigenvalue weighted by molar-refractivity contribution is 5.96. The lowest BCUT2D eigenvalue weighted by molar-refractivity contribution is 0.0614. The number of nitriles is 1. The van der Waals surface area contributed by atoms with Gasteiger partial charge in [-0.3, -0.25) is 4.84 Å². The molecule has 0 unspecified atom stereocenters. The fraction of sp³-hybridized carbons (Fsp3) is 0.500. The van der Waals surface area contributed by atoms with Crippen LogP contribution in [0.3, 0.4) is 0 Å². The van der Waals surface area contributed by atoms with Crippen LogP contribution < -0.4 is 0 Å². The lowest BCUT2D eigenvalue weighted by Gasteiger charge is -1.95. The molecule has 0 aliphatic carbocycles. The van der Waals surface area contributed by atoms with Crippen molar-refractivity contribution in [1.82, 2.24) is 0 Å². The average Bonchev–Trinajstić information content (AvgIpc) is 2.01. The summed E-state index contributed by atoms with van der Waals surface area (Å²) in [6, 6.07) is 1.68. The lowest BCUT2D eigenvalue weighted by atomic mass is 10.5. The van der Waals surface area contributed by atoms with Gasteiger partial charge >= 0.3 is 6.16 Å². The Morgan fingerprint density at radius 2 is 2.36 bits per heavy atom. The zero-order valence-electron chi connectivity index (χ0n) is 6.33. The van der Waals surface area contributed by atoms with Crippen LogP contribution in [0.1, 0.15) is 13.8 Å². The van der Waals surface area contributed by atoms with Gasteiger partial charge in [-0.2, -0.15) is 5.26 Å². The number of carbonyl (C=O) groups is 1. The first-order chi connectivity index (χ1) is 5.20. The maximum Gasteiger partial charge on any atom is 0.535 e. The van der Waals surface area contributed by atoms with E-state index in [1.54, 1.807) is 13.0 Å². The van der Waals surface area contributed by atoms with Crippen molar-refractivity contribution >= 4 is 11.9 Å². The zero-order chi connectivity index (χ0) is 8.69. The second-order valence-corrected chi connectivity index (χ2v) is 1.56. The average molecular weight is 156 g/mol. The van der Waals surface area contributed by atoms with Crippen LogP contribution in [0.25, 0.3) is 0 Å². The number of carbonyl (C=O) groups excluding carboxylic acids is 1. The molecular weight excluding hydrogens is 148 g/mol. The predicted octanol–water partition coefficient (Wildman–Crippen LogP) is 1.06. The molecule has 5 heteroatoms. The van der Waals surface area contributed by atoms with Gasteiger partial charge in [-0.25, -0.2) is 4.79 Å². The Kier molecular flexibility index (Phi) is 4.49. The molecule has 0 rings (SSSR count). The van der Waals surface area contributed by atoms with Gasteiger partial charge in [0.2, 0.25) is 0 Å². The molecule has 0 bridgehead atoms. The van der Waals surface area contributed by atoms with E-state index in [1.807, 2.05) is 0 Å². The Morgan fingerprint density at radius 1 is 1.73 bits per heavy atom. The first-order valence-electron chi connectivity index (χ1n) is 2.99. The second kappa shape index (κ2) is 5.23. The highest BCUT2D eigenvalue weighted by Crippen LogP contribution is 1.86. The monoisotopic (exact) mass is 156 g/mol. The predicted molar refractivity (Wildman–Crippen MR) is 36.8 cm³/mol. The van der Waals surface area contributed by atoms with Gasteiger partial charge in [-0.15, -0.1) is 0 Å². The fourth-order valence-electron chi connectivity index (χ4n) is 0.270. The normalized spacial score (nSPS) is 10.1. The molecule has 0 aromatic rings. The minimum Gasteiger partial charge on any atom is -0.433 e. The molecule has 0 aromatic carbocycles. The molecule has 0 spiro atoms. The van der Waals surface area contributed by atoms with Crippen molar-refractivity contribution in [2.45, 2.75) is 13.8 Å². The van der Waals surface area contributed by atoms with E-state index in [0.717, 1.165) is 0 Å². The first kappa shape index (κ1) is 9.43. The van der Waals surface area contributed by atoms with E-state index in [4.69, 9.17) is 5.26 Å². The Labute approximate surface area is 64.2 Å². The largest absolute Gasteiger partial charge is 0.535 e. The molecule has 0 amide bonds. The number of hydrogen-bond acceptors (Lipinski definition) is 5. The topological polar surface area (TPSA) is 71.7 Å². The van der Waals surface area contributed by atoms with Crippen molar-refractivity contribution in [2.75, 3.05) is 6.61 Å². The van der Waals surface area contributed by atoms with Crippen molar-refractivity contribution in [3.8, 4) is 6.07 Å². The number of nitrogens with zero attached hydrogens (tertiary/aromatic N) is 2. The second-order valence-electron chi connectivity index (χ2n) is 1.56. The molecule has 0 aliphatic heterocycles. The summed E-state index contributed by atoms with van der Waals surface area (Å²) in [6.45, 7) is 3.28. The van der Waals surface area contributed by atoms with Gasteiger partial charge in [0.25, 0.3) is 0 Å². The summed E-state index contributed by atoms with van der Waals surface area (Å²) >= 11 is 0. The molecular formula is C6H8N2O3. The molecule has 0 aromatic heterocycles. The van der Waals surface area contributed by atoms with Crippen LogP contribution in [0.15, 0.2) is 5.16 Å². The van der Waals surface area contributed by atoms with E-state index in [0.29, 0.717) is 0 Å². The molecule has 5 nitrogen and oxygen atoms in total. The van der Waals surface area contributed by atoms with Crippen LogP contribution in [0.4, 0.5) is 4.79 Å². The van der Waals surface area contributed by atoms with Crippen LogP contribution in [0.5, 0.6) is 0 Å². The quantitative estimate of drug-likeness (QED) is 0.259. The molecule has 0 atom stereocenters. The summed E-state index contributed by atoms with van der Waals surface area (Å²) in [5.41, 5.74) is 0.0676. The molecule has 0 aliphatic rings. The van der Waals surface area contributed by atoms with Gasteiger partial charge in [0.1, 0.15) is 6.07 Å². The zero-order valence-corrected chi connectivity index (χ0v) is 6.33. The number of oxime groups is 1. The van der Waals surface area contributed by atoms with Crippen molar-refractivity contribution in [1.29, 1.82) is 5.26 Å². The van der Waals surface area contributed by atoms with E-state index in [-0.39, 0.29) is 12.3 Å². The Bertz CT molecular complexity index is 204. The molecule has 0 fully saturated rings. The smallest absolute Gasteiger partial charge is 0.433 e. The van der Waals surface area contributed by atoms with Crippen LogP contribution >= 0.6 is 0 Å². The van der Waals surface area contributed by atoms with Gasteiger partial charge in [-0.05, 0) is 13.8 Å². The van der Waals surface area contributed by atoms with Gasteiger partial charge in [-0.1, -0.05) is 5.16 Å². The summed E-state index contributed by atoms with van der Waals surface area (Å²) < 4.78 is 4.36. The first-order valence-corrected chi connectivity index (χ1v) is 2.99. The van der Waals surface area contributed by atoms with Gasteiger partial charge in [0, 0.05) is 0 Å². The van der Waals surface area contributed by atoms with E-state index in [9.17, 15) is 4.79 Å². The van der Waals surface area contributed by atoms with E-state index >= 15 is 0 Å². The molecule has 0 saturated heterocycles.